The van der Waals surface area contributed by atoms with Gasteiger partial charge in [-0.25, -0.2) is 8.42 Å². The second kappa shape index (κ2) is 5.40. The van der Waals surface area contributed by atoms with Crippen LogP contribution >= 0.6 is 0 Å². The third-order valence-electron chi connectivity index (χ3n) is 3.52. The lowest BCUT2D eigenvalue weighted by Gasteiger charge is -2.09. The molecule has 1 heterocycles. The van der Waals surface area contributed by atoms with Gasteiger partial charge in [-0.2, -0.15) is 0 Å². The number of nitro benzene ring substituents is 1. The quantitative estimate of drug-likeness (QED) is 0.565. The molecule has 0 aliphatic heterocycles. The molecule has 0 radical (unpaired) electrons. The number of nitrogens with zero attached hydrogens (tertiary/aromatic N) is 1. The summed E-state index contributed by atoms with van der Waals surface area (Å²) in [5.74, 6) is 0. The summed E-state index contributed by atoms with van der Waals surface area (Å²) in [6, 6.07) is 11.0. The number of para-hydroxylation sites is 1. The number of benzene rings is 2. The molecule has 3 aromatic rings. The van der Waals surface area contributed by atoms with Gasteiger partial charge in [0.15, 0.2) is 0 Å². The first-order chi connectivity index (χ1) is 10.9. The summed E-state index contributed by atoms with van der Waals surface area (Å²) in [5.41, 5.74) is 1.60. The maximum atomic E-state index is 12.6. The van der Waals surface area contributed by atoms with Crippen LogP contribution in [0.5, 0.6) is 0 Å². The number of nitro groups is 1. The summed E-state index contributed by atoms with van der Waals surface area (Å²) in [4.78, 5) is 13.1. The van der Waals surface area contributed by atoms with E-state index in [-0.39, 0.29) is 16.0 Å². The van der Waals surface area contributed by atoms with Crippen LogP contribution in [0, 0.1) is 17.0 Å². The first-order valence-electron chi connectivity index (χ1n) is 6.72. The number of aryl methyl sites for hydroxylation is 1. The van der Waals surface area contributed by atoms with Crippen LogP contribution in [0.3, 0.4) is 0 Å². The molecular weight excluding hydrogens is 318 g/mol. The fraction of sp³-hybridized carbons (Fsp3) is 0.0667. The van der Waals surface area contributed by atoms with E-state index in [4.69, 9.17) is 0 Å². The van der Waals surface area contributed by atoms with Crippen LogP contribution in [-0.2, 0) is 10.0 Å². The van der Waals surface area contributed by atoms with Crippen molar-refractivity contribution in [1.29, 1.82) is 0 Å². The molecule has 2 aromatic carbocycles. The van der Waals surface area contributed by atoms with E-state index in [0.29, 0.717) is 11.2 Å². The van der Waals surface area contributed by atoms with Gasteiger partial charge in [0.25, 0.3) is 15.7 Å². The molecule has 7 nitrogen and oxygen atoms in total. The molecular formula is C15H13N3O4S. The topological polar surface area (TPSA) is 105 Å². The number of hydrogen-bond donors (Lipinski definition) is 2. The lowest BCUT2D eigenvalue weighted by atomic mass is 10.2. The van der Waals surface area contributed by atoms with Crippen molar-refractivity contribution in [3.8, 4) is 0 Å². The first-order valence-corrected chi connectivity index (χ1v) is 8.21. The van der Waals surface area contributed by atoms with E-state index in [1.165, 1.54) is 24.4 Å². The molecule has 8 heteroatoms. The summed E-state index contributed by atoms with van der Waals surface area (Å²) in [6.07, 6.45) is 1.33. The molecule has 2 N–H and O–H groups in total. The zero-order valence-corrected chi connectivity index (χ0v) is 12.9. The van der Waals surface area contributed by atoms with E-state index in [9.17, 15) is 18.5 Å². The molecule has 1 aromatic heterocycles. The SMILES string of the molecule is Cc1ccccc1NS(=O)(=O)c1c[nH]c2ccc([N+](=O)[O-])cc12. The highest BCUT2D eigenvalue weighted by molar-refractivity contribution is 7.93. The molecule has 0 saturated heterocycles. The molecule has 0 atom stereocenters. The summed E-state index contributed by atoms with van der Waals surface area (Å²) < 4.78 is 27.7. The van der Waals surface area contributed by atoms with Crippen LogP contribution in [-0.4, -0.2) is 18.3 Å². The maximum Gasteiger partial charge on any atom is 0.270 e. The van der Waals surface area contributed by atoms with E-state index in [2.05, 4.69) is 9.71 Å². The van der Waals surface area contributed by atoms with Gasteiger partial charge in [-0.1, -0.05) is 18.2 Å². The van der Waals surface area contributed by atoms with Gasteiger partial charge in [0.05, 0.1) is 10.6 Å². The van der Waals surface area contributed by atoms with Crippen molar-refractivity contribution in [2.75, 3.05) is 4.72 Å². The number of non-ortho nitro benzene ring substituents is 1. The number of anilines is 1. The minimum Gasteiger partial charge on any atom is -0.360 e. The summed E-state index contributed by atoms with van der Waals surface area (Å²) in [7, 11) is -3.87. The zero-order chi connectivity index (χ0) is 16.6. The van der Waals surface area contributed by atoms with Crippen molar-refractivity contribution in [3.05, 3.63) is 64.3 Å². The Balaban J connectivity index is 2.10. The number of H-pyrrole nitrogens is 1. The van der Waals surface area contributed by atoms with Crippen molar-refractivity contribution in [3.63, 3.8) is 0 Å². The lowest BCUT2D eigenvalue weighted by Crippen LogP contribution is -2.13. The summed E-state index contributed by atoms with van der Waals surface area (Å²) in [6.45, 7) is 1.79. The van der Waals surface area contributed by atoms with Gasteiger partial charge in [-0.05, 0) is 24.6 Å². The first kappa shape index (κ1) is 15.0. The number of nitrogens with one attached hydrogen (secondary N) is 2. The predicted molar refractivity (Wildman–Crippen MR) is 86.9 cm³/mol. The van der Waals surface area contributed by atoms with Gasteiger partial charge < -0.3 is 4.98 Å². The Labute approximate surface area is 132 Å². The van der Waals surface area contributed by atoms with Crippen LogP contribution in [0.25, 0.3) is 10.9 Å². The molecule has 0 unspecified atom stereocenters. The molecule has 0 amide bonds. The third kappa shape index (κ3) is 2.76. The average molecular weight is 331 g/mol. The highest BCUT2D eigenvalue weighted by atomic mass is 32.2. The fourth-order valence-corrected chi connectivity index (χ4v) is 3.61. The van der Waals surface area contributed by atoms with Gasteiger partial charge in [0.1, 0.15) is 4.90 Å². The Morgan fingerprint density at radius 2 is 1.91 bits per heavy atom. The lowest BCUT2D eigenvalue weighted by molar-refractivity contribution is -0.384. The van der Waals surface area contributed by atoms with Crippen LogP contribution in [0.1, 0.15) is 5.56 Å². The van der Waals surface area contributed by atoms with E-state index in [0.717, 1.165) is 5.56 Å². The van der Waals surface area contributed by atoms with E-state index in [1.807, 2.05) is 6.07 Å². The van der Waals surface area contributed by atoms with Crippen LogP contribution < -0.4 is 4.72 Å². The Bertz CT molecular complexity index is 1010. The van der Waals surface area contributed by atoms with E-state index < -0.39 is 14.9 Å². The van der Waals surface area contributed by atoms with E-state index in [1.54, 1.807) is 25.1 Å². The second-order valence-electron chi connectivity index (χ2n) is 5.06. The van der Waals surface area contributed by atoms with Gasteiger partial charge in [0.2, 0.25) is 0 Å². The molecule has 0 bridgehead atoms. The monoisotopic (exact) mass is 331 g/mol. The molecule has 0 aliphatic carbocycles. The zero-order valence-electron chi connectivity index (χ0n) is 12.1. The molecule has 0 spiro atoms. The largest absolute Gasteiger partial charge is 0.360 e. The molecule has 118 valence electrons. The number of rotatable bonds is 4. The number of sulfonamides is 1. The number of fused-ring (bicyclic) bond motifs is 1. The Kier molecular flexibility index (Phi) is 3.53. The maximum absolute atomic E-state index is 12.6. The Hall–Kier alpha value is -2.87. The molecule has 23 heavy (non-hydrogen) atoms. The van der Waals surface area contributed by atoms with Crippen LogP contribution in [0.2, 0.25) is 0 Å². The van der Waals surface area contributed by atoms with Crippen molar-refractivity contribution in [2.24, 2.45) is 0 Å². The highest BCUT2D eigenvalue weighted by Crippen LogP contribution is 2.28. The van der Waals surface area contributed by atoms with Gasteiger partial charge in [-0.3, -0.25) is 14.8 Å². The standard InChI is InChI=1S/C15H13N3O4S/c1-10-4-2-3-5-13(10)17-23(21,22)15-9-16-14-7-6-11(18(19)20)8-12(14)15/h2-9,16-17H,1H3. The average Bonchev–Trinajstić information content (AvgIpc) is 2.93. The van der Waals surface area contributed by atoms with Gasteiger partial charge >= 0.3 is 0 Å². The Morgan fingerprint density at radius 3 is 2.61 bits per heavy atom. The van der Waals surface area contributed by atoms with Crippen molar-refractivity contribution < 1.29 is 13.3 Å². The molecule has 0 saturated carbocycles. The van der Waals surface area contributed by atoms with Crippen LogP contribution in [0.15, 0.2) is 53.6 Å². The van der Waals surface area contributed by atoms with Crippen molar-refractivity contribution >= 4 is 32.3 Å². The minimum absolute atomic E-state index is 0.0283. The summed E-state index contributed by atoms with van der Waals surface area (Å²) >= 11 is 0. The normalized spacial score (nSPS) is 11.5. The molecule has 0 aliphatic rings. The van der Waals surface area contributed by atoms with E-state index >= 15 is 0 Å². The predicted octanol–water partition coefficient (Wildman–Crippen LogP) is 3.19. The van der Waals surface area contributed by atoms with Crippen molar-refractivity contribution in [1.82, 2.24) is 4.98 Å². The number of aromatic nitrogens is 1. The summed E-state index contributed by atoms with van der Waals surface area (Å²) in [5, 5.41) is 11.2. The minimum atomic E-state index is -3.87. The molecule has 0 fully saturated rings. The van der Waals surface area contributed by atoms with Gasteiger partial charge in [-0.15, -0.1) is 0 Å². The highest BCUT2D eigenvalue weighted by Gasteiger charge is 2.21. The van der Waals surface area contributed by atoms with Gasteiger partial charge in [0, 0.05) is 29.2 Å². The Morgan fingerprint density at radius 1 is 1.17 bits per heavy atom. The fourth-order valence-electron chi connectivity index (χ4n) is 2.31. The number of hydrogen-bond acceptors (Lipinski definition) is 4. The van der Waals surface area contributed by atoms with Crippen molar-refractivity contribution in [2.45, 2.75) is 11.8 Å². The van der Waals surface area contributed by atoms with Crippen LogP contribution in [0.4, 0.5) is 11.4 Å². The number of aromatic amines is 1. The molecule has 3 rings (SSSR count). The smallest absolute Gasteiger partial charge is 0.270 e. The third-order valence-corrected chi connectivity index (χ3v) is 4.92. The second-order valence-corrected chi connectivity index (χ2v) is 6.71.